The molecule has 1 unspecified atom stereocenters. The zero-order valence-corrected chi connectivity index (χ0v) is 9.97. The maximum atomic E-state index is 11.7. The molecular weight excluding hydrogens is 210 g/mol. The van der Waals surface area contributed by atoms with Crippen molar-refractivity contribution in [1.82, 2.24) is 0 Å². The van der Waals surface area contributed by atoms with E-state index in [9.17, 15) is 4.79 Å². The molecule has 0 aromatic carbocycles. The minimum atomic E-state index is -0.0974. The van der Waals surface area contributed by atoms with E-state index in [0.29, 0.717) is 13.0 Å². The molecule has 3 nitrogen and oxygen atoms in total. The molecule has 1 rings (SSSR count). The van der Waals surface area contributed by atoms with Crippen molar-refractivity contribution in [2.24, 2.45) is 5.73 Å². The van der Waals surface area contributed by atoms with Crippen molar-refractivity contribution in [1.29, 1.82) is 0 Å². The lowest BCUT2D eigenvalue weighted by molar-refractivity contribution is 0.0971. The van der Waals surface area contributed by atoms with Crippen LogP contribution in [0.2, 0.25) is 0 Å². The lowest BCUT2D eigenvalue weighted by Gasteiger charge is -2.08. The smallest absolute Gasteiger partial charge is 0.174 e. The largest absolute Gasteiger partial charge is 0.385 e. The molecule has 1 aromatic rings. The third-order valence-corrected chi connectivity index (χ3v) is 3.20. The van der Waals surface area contributed by atoms with Gasteiger partial charge in [0.1, 0.15) is 0 Å². The molecule has 0 radical (unpaired) electrons. The van der Waals surface area contributed by atoms with E-state index >= 15 is 0 Å². The van der Waals surface area contributed by atoms with Gasteiger partial charge in [-0.15, -0.1) is 11.3 Å². The first-order valence-corrected chi connectivity index (χ1v) is 5.79. The average Bonchev–Trinajstić information content (AvgIpc) is 2.61. The van der Waals surface area contributed by atoms with Crippen molar-refractivity contribution in [2.45, 2.75) is 25.8 Å². The normalized spacial score (nSPS) is 12.7. The zero-order chi connectivity index (χ0) is 11.3. The molecule has 0 amide bonds. The Morgan fingerprint density at radius 1 is 1.60 bits per heavy atom. The van der Waals surface area contributed by atoms with Crippen LogP contribution in [-0.2, 0) is 4.74 Å². The number of Topliss-reactive ketones (excluding diaryl/α,β-unsaturated/α-hetero) is 1. The highest BCUT2D eigenvalue weighted by Gasteiger charge is 2.12. The summed E-state index contributed by atoms with van der Waals surface area (Å²) >= 11 is 1.53. The van der Waals surface area contributed by atoms with Crippen molar-refractivity contribution >= 4 is 17.1 Å². The Labute approximate surface area is 94.2 Å². The molecule has 0 saturated carbocycles. The fraction of sp³-hybridized carbons (Fsp3) is 0.545. The number of rotatable bonds is 6. The number of ether oxygens (including phenoxy) is 1. The van der Waals surface area contributed by atoms with Crippen molar-refractivity contribution in [3.8, 4) is 0 Å². The summed E-state index contributed by atoms with van der Waals surface area (Å²) in [5.41, 5.74) is 5.81. The maximum Gasteiger partial charge on any atom is 0.174 e. The lowest BCUT2D eigenvalue weighted by Crippen LogP contribution is -2.25. The van der Waals surface area contributed by atoms with Gasteiger partial charge in [0.05, 0.1) is 4.88 Å². The first-order chi connectivity index (χ1) is 7.13. The second-order valence-corrected chi connectivity index (χ2v) is 4.87. The van der Waals surface area contributed by atoms with Gasteiger partial charge in [-0.2, -0.15) is 0 Å². The standard InChI is InChI=1S/C11H17NO2S/c1-8-3-4-11(15-8)10(13)7-9(12)5-6-14-2/h3-4,9H,5-7,12H2,1-2H3. The summed E-state index contributed by atoms with van der Waals surface area (Å²) in [6, 6.07) is 3.73. The summed E-state index contributed by atoms with van der Waals surface area (Å²) in [7, 11) is 1.64. The molecule has 2 N–H and O–H groups in total. The number of methoxy groups -OCH3 is 1. The van der Waals surface area contributed by atoms with Gasteiger partial charge in [0.25, 0.3) is 0 Å². The summed E-state index contributed by atoms with van der Waals surface area (Å²) < 4.78 is 4.92. The van der Waals surface area contributed by atoms with Gasteiger partial charge in [-0.1, -0.05) is 0 Å². The third kappa shape index (κ3) is 4.11. The number of hydrogen-bond acceptors (Lipinski definition) is 4. The molecule has 0 aliphatic heterocycles. The van der Waals surface area contributed by atoms with E-state index in [4.69, 9.17) is 10.5 Å². The first-order valence-electron chi connectivity index (χ1n) is 4.97. The number of ketones is 1. The zero-order valence-electron chi connectivity index (χ0n) is 9.16. The van der Waals surface area contributed by atoms with Gasteiger partial charge >= 0.3 is 0 Å². The molecule has 1 aromatic heterocycles. The molecule has 0 aliphatic rings. The minimum absolute atomic E-state index is 0.0974. The van der Waals surface area contributed by atoms with Crippen LogP contribution in [0, 0.1) is 6.92 Å². The Bertz CT molecular complexity index is 322. The van der Waals surface area contributed by atoms with Crippen molar-refractivity contribution < 1.29 is 9.53 Å². The number of aryl methyl sites for hydroxylation is 1. The molecule has 1 heterocycles. The van der Waals surface area contributed by atoms with Crippen LogP contribution >= 0.6 is 11.3 Å². The van der Waals surface area contributed by atoms with E-state index in [1.54, 1.807) is 7.11 Å². The Balaban J connectivity index is 2.42. The van der Waals surface area contributed by atoms with Gasteiger partial charge in [-0.3, -0.25) is 4.79 Å². The minimum Gasteiger partial charge on any atom is -0.385 e. The van der Waals surface area contributed by atoms with Gasteiger partial charge in [-0.05, 0) is 25.5 Å². The lowest BCUT2D eigenvalue weighted by atomic mass is 10.1. The van der Waals surface area contributed by atoms with Crippen LogP contribution in [0.5, 0.6) is 0 Å². The predicted molar refractivity (Wildman–Crippen MR) is 62.5 cm³/mol. The predicted octanol–water partition coefficient (Wildman–Crippen LogP) is 1.99. The Hall–Kier alpha value is -0.710. The molecule has 84 valence electrons. The van der Waals surface area contributed by atoms with Crippen molar-refractivity contribution in [3.63, 3.8) is 0 Å². The van der Waals surface area contributed by atoms with E-state index in [1.165, 1.54) is 11.3 Å². The number of carbonyl (C=O) groups excluding carboxylic acids is 1. The quantitative estimate of drug-likeness (QED) is 0.756. The Morgan fingerprint density at radius 3 is 2.87 bits per heavy atom. The van der Waals surface area contributed by atoms with Gasteiger partial charge in [0, 0.05) is 31.1 Å². The summed E-state index contributed by atoms with van der Waals surface area (Å²) in [5, 5.41) is 0. The van der Waals surface area contributed by atoms with Crippen LogP contribution in [0.3, 0.4) is 0 Å². The van der Waals surface area contributed by atoms with Gasteiger partial charge in [-0.25, -0.2) is 0 Å². The molecule has 0 saturated heterocycles. The van der Waals surface area contributed by atoms with E-state index in [-0.39, 0.29) is 11.8 Å². The third-order valence-electron chi connectivity index (χ3n) is 2.16. The number of hydrogen-bond donors (Lipinski definition) is 1. The average molecular weight is 227 g/mol. The highest BCUT2D eigenvalue weighted by molar-refractivity contribution is 7.14. The van der Waals surface area contributed by atoms with Crippen LogP contribution < -0.4 is 5.73 Å². The van der Waals surface area contributed by atoms with Crippen LogP contribution in [0.15, 0.2) is 12.1 Å². The van der Waals surface area contributed by atoms with Crippen LogP contribution in [0.1, 0.15) is 27.4 Å². The Morgan fingerprint density at radius 2 is 2.33 bits per heavy atom. The molecule has 0 bridgehead atoms. The second kappa shape index (κ2) is 6.00. The SMILES string of the molecule is COCCC(N)CC(=O)c1ccc(C)s1. The molecule has 0 fully saturated rings. The number of thiophene rings is 1. The topological polar surface area (TPSA) is 52.3 Å². The molecule has 0 spiro atoms. The summed E-state index contributed by atoms with van der Waals surface area (Å²) in [6.07, 6.45) is 1.13. The summed E-state index contributed by atoms with van der Waals surface area (Å²) in [6.45, 7) is 2.60. The number of carbonyl (C=O) groups is 1. The second-order valence-electron chi connectivity index (χ2n) is 3.58. The highest BCUT2D eigenvalue weighted by atomic mass is 32.1. The van der Waals surface area contributed by atoms with E-state index in [1.807, 2.05) is 19.1 Å². The molecule has 15 heavy (non-hydrogen) atoms. The fourth-order valence-corrected chi connectivity index (χ4v) is 2.11. The Kier molecular flexibility index (Phi) is 4.94. The summed E-state index contributed by atoms with van der Waals surface area (Å²) in [4.78, 5) is 13.7. The first kappa shape index (κ1) is 12.4. The molecule has 1 atom stereocenters. The van der Waals surface area contributed by atoms with E-state index < -0.39 is 0 Å². The highest BCUT2D eigenvalue weighted by Crippen LogP contribution is 2.17. The van der Waals surface area contributed by atoms with E-state index in [0.717, 1.165) is 16.2 Å². The van der Waals surface area contributed by atoms with Gasteiger partial charge in [0.15, 0.2) is 5.78 Å². The molecular formula is C11H17NO2S. The monoisotopic (exact) mass is 227 g/mol. The van der Waals surface area contributed by atoms with Crippen LogP contribution in [0.25, 0.3) is 0 Å². The van der Waals surface area contributed by atoms with Crippen molar-refractivity contribution in [2.75, 3.05) is 13.7 Å². The van der Waals surface area contributed by atoms with Crippen LogP contribution in [-0.4, -0.2) is 25.5 Å². The fourth-order valence-electron chi connectivity index (χ4n) is 1.29. The van der Waals surface area contributed by atoms with Crippen molar-refractivity contribution in [3.05, 3.63) is 21.9 Å². The molecule has 4 heteroatoms. The van der Waals surface area contributed by atoms with Gasteiger partial charge in [0.2, 0.25) is 0 Å². The molecule has 0 aliphatic carbocycles. The maximum absolute atomic E-state index is 11.7. The van der Waals surface area contributed by atoms with Gasteiger partial charge < -0.3 is 10.5 Å². The van der Waals surface area contributed by atoms with E-state index in [2.05, 4.69) is 0 Å². The van der Waals surface area contributed by atoms with Crippen LogP contribution in [0.4, 0.5) is 0 Å². The summed E-state index contributed by atoms with van der Waals surface area (Å²) in [5.74, 6) is 0.136. The number of nitrogens with two attached hydrogens (primary N) is 1.